The fourth-order valence-electron chi connectivity index (χ4n) is 3.44. The van der Waals surface area contributed by atoms with Crippen LogP contribution in [0.15, 0.2) is 72.8 Å². The van der Waals surface area contributed by atoms with Gasteiger partial charge >= 0.3 is 5.97 Å². The number of benzene rings is 3. The van der Waals surface area contributed by atoms with Gasteiger partial charge in [0.15, 0.2) is 0 Å². The van der Waals surface area contributed by atoms with Crippen molar-refractivity contribution in [3.05, 3.63) is 101 Å². The van der Waals surface area contributed by atoms with Gasteiger partial charge in [0.25, 0.3) is 0 Å². The van der Waals surface area contributed by atoms with Crippen LogP contribution in [0.4, 0.5) is 0 Å². The zero-order chi connectivity index (χ0) is 23.0. The molecule has 0 aliphatic carbocycles. The zero-order valence-corrected chi connectivity index (χ0v) is 20.2. The Morgan fingerprint density at radius 2 is 1.50 bits per heavy atom. The van der Waals surface area contributed by atoms with Gasteiger partial charge in [-0.05, 0) is 68.7 Å². The predicted octanol–water partition coefficient (Wildman–Crippen LogP) is 6.87. The fourth-order valence-corrected chi connectivity index (χ4v) is 3.98. The SMILES string of the molecule is CSCc1cccc(CCc2ccccc2)c1OCc1ccc(C(=O)OC(C)(C)C)cc1. The van der Waals surface area contributed by atoms with Crippen molar-refractivity contribution in [3.8, 4) is 5.75 Å². The summed E-state index contributed by atoms with van der Waals surface area (Å²) in [6.45, 7) is 6.07. The first kappa shape index (κ1) is 23.9. The number of esters is 1. The Labute approximate surface area is 196 Å². The molecule has 3 nitrogen and oxygen atoms in total. The van der Waals surface area contributed by atoms with Crippen molar-refractivity contribution in [1.82, 2.24) is 0 Å². The highest BCUT2D eigenvalue weighted by atomic mass is 32.2. The molecule has 168 valence electrons. The molecular formula is C28H32O3S. The van der Waals surface area contributed by atoms with Gasteiger partial charge in [0.05, 0.1) is 5.56 Å². The molecular weight excluding hydrogens is 416 g/mol. The van der Waals surface area contributed by atoms with Gasteiger partial charge < -0.3 is 9.47 Å². The van der Waals surface area contributed by atoms with Gasteiger partial charge in [-0.1, -0.05) is 60.7 Å². The highest BCUT2D eigenvalue weighted by molar-refractivity contribution is 7.97. The smallest absolute Gasteiger partial charge is 0.338 e. The van der Waals surface area contributed by atoms with Crippen LogP contribution in [0.5, 0.6) is 5.75 Å². The van der Waals surface area contributed by atoms with Crippen LogP contribution in [-0.4, -0.2) is 17.8 Å². The van der Waals surface area contributed by atoms with Crippen LogP contribution in [0.1, 0.15) is 53.4 Å². The third-order valence-electron chi connectivity index (χ3n) is 4.98. The minimum absolute atomic E-state index is 0.307. The summed E-state index contributed by atoms with van der Waals surface area (Å²) in [6.07, 6.45) is 4.01. The van der Waals surface area contributed by atoms with Gasteiger partial charge in [-0.25, -0.2) is 4.79 Å². The first-order valence-corrected chi connectivity index (χ1v) is 12.3. The average Bonchev–Trinajstić information content (AvgIpc) is 2.77. The van der Waals surface area contributed by atoms with Crippen LogP contribution in [-0.2, 0) is 29.9 Å². The molecule has 0 radical (unpaired) electrons. The minimum Gasteiger partial charge on any atom is -0.488 e. The maximum absolute atomic E-state index is 12.2. The number of para-hydroxylation sites is 1. The average molecular weight is 449 g/mol. The Bertz CT molecular complexity index is 1010. The molecule has 0 fully saturated rings. The number of hydrogen-bond acceptors (Lipinski definition) is 4. The molecule has 32 heavy (non-hydrogen) atoms. The summed E-state index contributed by atoms with van der Waals surface area (Å²) in [5, 5.41) is 0. The zero-order valence-electron chi connectivity index (χ0n) is 19.4. The summed E-state index contributed by atoms with van der Waals surface area (Å²) in [4.78, 5) is 12.2. The van der Waals surface area contributed by atoms with E-state index in [1.807, 2.05) is 39.0 Å². The van der Waals surface area contributed by atoms with Crippen molar-refractivity contribution >= 4 is 17.7 Å². The van der Waals surface area contributed by atoms with Gasteiger partial charge in [-0.15, -0.1) is 0 Å². The second-order valence-corrected chi connectivity index (χ2v) is 9.68. The Morgan fingerprint density at radius 3 is 2.16 bits per heavy atom. The van der Waals surface area contributed by atoms with Crippen LogP contribution >= 0.6 is 11.8 Å². The summed E-state index contributed by atoms with van der Waals surface area (Å²) in [5.41, 5.74) is 4.83. The maximum Gasteiger partial charge on any atom is 0.338 e. The van der Waals surface area contributed by atoms with E-state index in [1.54, 1.807) is 23.9 Å². The molecule has 0 bridgehead atoms. The molecule has 0 amide bonds. The van der Waals surface area contributed by atoms with E-state index in [0.717, 1.165) is 29.9 Å². The molecule has 4 heteroatoms. The number of hydrogen-bond donors (Lipinski definition) is 0. The molecule has 0 aliphatic heterocycles. The van der Waals surface area contributed by atoms with E-state index in [9.17, 15) is 4.79 Å². The predicted molar refractivity (Wildman–Crippen MR) is 133 cm³/mol. The topological polar surface area (TPSA) is 35.5 Å². The summed E-state index contributed by atoms with van der Waals surface area (Å²) in [6, 6.07) is 24.4. The molecule has 3 rings (SSSR count). The molecule has 0 aromatic heterocycles. The summed E-state index contributed by atoms with van der Waals surface area (Å²) < 4.78 is 11.8. The molecule has 0 saturated carbocycles. The lowest BCUT2D eigenvalue weighted by Crippen LogP contribution is -2.23. The Kier molecular flexibility index (Phi) is 8.40. The molecule has 0 spiro atoms. The molecule has 0 saturated heterocycles. The second kappa shape index (κ2) is 11.2. The molecule has 0 aliphatic rings. The van der Waals surface area contributed by atoms with Gasteiger partial charge in [-0.3, -0.25) is 0 Å². The second-order valence-electron chi connectivity index (χ2n) is 8.81. The van der Waals surface area contributed by atoms with E-state index in [0.29, 0.717) is 12.2 Å². The van der Waals surface area contributed by atoms with Gasteiger partial charge in [-0.2, -0.15) is 11.8 Å². The number of aryl methyl sites for hydroxylation is 2. The van der Waals surface area contributed by atoms with Crippen molar-refractivity contribution in [2.45, 2.75) is 51.6 Å². The van der Waals surface area contributed by atoms with Crippen LogP contribution < -0.4 is 4.74 Å². The van der Waals surface area contributed by atoms with Gasteiger partial charge in [0.2, 0.25) is 0 Å². The number of carbonyl (C=O) groups is 1. The monoisotopic (exact) mass is 448 g/mol. The lowest BCUT2D eigenvalue weighted by atomic mass is 10.0. The van der Waals surface area contributed by atoms with Crippen molar-refractivity contribution in [2.75, 3.05) is 6.26 Å². The van der Waals surface area contributed by atoms with Crippen LogP contribution in [0.3, 0.4) is 0 Å². The quantitative estimate of drug-likeness (QED) is 0.335. The third-order valence-corrected chi connectivity index (χ3v) is 5.58. The summed E-state index contributed by atoms with van der Waals surface area (Å²) in [5.74, 6) is 1.58. The molecule has 0 N–H and O–H groups in total. The lowest BCUT2D eigenvalue weighted by molar-refractivity contribution is 0.00695. The number of carbonyl (C=O) groups excluding carboxylic acids is 1. The van der Waals surface area contributed by atoms with E-state index in [4.69, 9.17) is 9.47 Å². The highest BCUT2D eigenvalue weighted by Crippen LogP contribution is 2.29. The van der Waals surface area contributed by atoms with Crippen LogP contribution in [0, 0.1) is 0 Å². The Morgan fingerprint density at radius 1 is 0.812 bits per heavy atom. The maximum atomic E-state index is 12.2. The number of thioether (sulfide) groups is 1. The first-order valence-electron chi connectivity index (χ1n) is 10.9. The molecule has 0 atom stereocenters. The highest BCUT2D eigenvalue weighted by Gasteiger charge is 2.18. The molecule has 0 unspecified atom stereocenters. The molecule has 0 heterocycles. The first-order chi connectivity index (χ1) is 15.4. The third kappa shape index (κ3) is 7.16. The standard InChI is InChI=1S/C28H32O3S/c1-28(2,3)31-27(29)24-17-14-22(15-18-24)19-30-26-23(11-8-12-25(26)20-32-4)16-13-21-9-6-5-7-10-21/h5-12,14-15,17-18H,13,16,19-20H2,1-4H3. The number of rotatable bonds is 9. The normalized spacial score (nSPS) is 11.2. The summed E-state index contributed by atoms with van der Waals surface area (Å²) in [7, 11) is 0. The van der Waals surface area contributed by atoms with E-state index in [2.05, 4.69) is 48.7 Å². The minimum atomic E-state index is -0.504. The van der Waals surface area contributed by atoms with Crippen molar-refractivity contribution in [3.63, 3.8) is 0 Å². The van der Waals surface area contributed by atoms with Crippen molar-refractivity contribution < 1.29 is 14.3 Å². The molecule has 3 aromatic carbocycles. The fraction of sp³-hybridized carbons (Fsp3) is 0.321. The van der Waals surface area contributed by atoms with E-state index in [-0.39, 0.29) is 5.97 Å². The van der Waals surface area contributed by atoms with Crippen molar-refractivity contribution in [1.29, 1.82) is 0 Å². The Hall–Kier alpha value is -2.72. The van der Waals surface area contributed by atoms with Gasteiger partial charge in [0, 0.05) is 11.3 Å². The van der Waals surface area contributed by atoms with Crippen LogP contribution in [0.2, 0.25) is 0 Å². The largest absolute Gasteiger partial charge is 0.488 e. The Balaban J connectivity index is 1.71. The lowest BCUT2D eigenvalue weighted by Gasteiger charge is -2.19. The van der Waals surface area contributed by atoms with E-state index < -0.39 is 5.60 Å². The van der Waals surface area contributed by atoms with Crippen molar-refractivity contribution in [2.24, 2.45) is 0 Å². The summed E-state index contributed by atoms with van der Waals surface area (Å²) >= 11 is 1.79. The van der Waals surface area contributed by atoms with Crippen LogP contribution in [0.25, 0.3) is 0 Å². The van der Waals surface area contributed by atoms with E-state index in [1.165, 1.54) is 16.7 Å². The number of ether oxygens (including phenoxy) is 2. The van der Waals surface area contributed by atoms with E-state index >= 15 is 0 Å². The van der Waals surface area contributed by atoms with Gasteiger partial charge in [0.1, 0.15) is 18.0 Å². The molecule has 3 aromatic rings.